The Morgan fingerprint density at radius 2 is 1.62 bits per heavy atom. The van der Waals surface area contributed by atoms with Crippen molar-refractivity contribution in [2.75, 3.05) is 10.8 Å². The predicted octanol–water partition coefficient (Wildman–Crippen LogP) is 6.28. The van der Waals surface area contributed by atoms with Gasteiger partial charge in [-0.3, -0.25) is 13.9 Å². The third-order valence-electron chi connectivity index (χ3n) is 5.72. The van der Waals surface area contributed by atoms with Crippen molar-refractivity contribution in [2.45, 2.75) is 50.7 Å². The van der Waals surface area contributed by atoms with Crippen LogP contribution in [0.4, 0.5) is 5.69 Å². The Morgan fingerprint density at radius 3 is 2.23 bits per heavy atom. The summed E-state index contributed by atoms with van der Waals surface area (Å²) in [5, 5.41) is 3.02. The zero-order valence-corrected chi connectivity index (χ0v) is 25.9. The molecule has 0 heterocycles. The lowest BCUT2D eigenvalue weighted by Gasteiger charge is -2.33. The van der Waals surface area contributed by atoms with Crippen molar-refractivity contribution in [3.05, 3.63) is 92.9 Å². The minimum atomic E-state index is -4.24. The van der Waals surface area contributed by atoms with Crippen LogP contribution in [0.25, 0.3) is 0 Å². The first kappa shape index (κ1) is 30.9. The van der Waals surface area contributed by atoms with Crippen molar-refractivity contribution in [3.8, 4) is 0 Å². The number of hydrogen-bond acceptors (Lipinski definition) is 4. The second-order valence-electron chi connectivity index (χ2n) is 9.96. The second kappa shape index (κ2) is 12.7. The zero-order valence-electron chi connectivity index (χ0n) is 22.0. The highest BCUT2D eigenvalue weighted by Gasteiger charge is 2.34. The lowest BCUT2D eigenvalue weighted by atomic mass is 10.1. The third kappa shape index (κ3) is 7.97. The van der Waals surface area contributed by atoms with Crippen molar-refractivity contribution in [3.63, 3.8) is 0 Å². The Labute approximate surface area is 248 Å². The van der Waals surface area contributed by atoms with Crippen LogP contribution in [0.3, 0.4) is 0 Å². The summed E-state index contributed by atoms with van der Waals surface area (Å²) in [6, 6.07) is 18.7. The minimum Gasteiger partial charge on any atom is -0.350 e. The summed E-state index contributed by atoms with van der Waals surface area (Å²) < 4.78 is 29.4. The fraction of sp³-hybridized carbons (Fsp3) is 0.286. The number of rotatable bonds is 9. The van der Waals surface area contributed by atoms with E-state index in [2.05, 4.69) is 21.2 Å². The van der Waals surface area contributed by atoms with Crippen molar-refractivity contribution in [1.82, 2.24) is 10.2 Å². The molecule has 208 valence electrons. The summed E-state index contributed by atoms with van der Waals surface area (Å²) in [6.07, 6.45) is 0. The molecule has 0 aliphatic carbocycles. The van der Waals surface area contributed by atoms with Gasteiger partial charge in [-0.1, -0.05) is 75.5 Å². The van der Waals surface area contributed by atoms with E-state index < -0.39 is 34.1 Å². The van der Waals surface area contributed by atoms with E-state index in [-0.39, 0.29) is 33.1 Å². The van der Waals surface area contributed by atoms with Gasteiger partial charge in [-0.05, 0) is 69.7 Å². The molecule has 0 fully saturated rings. The summed E-state index contributed by atoms with van der Waals surface area (Å²) in [6.45, 7) is 6.59. The molecule has 0 radical (unpaired) electrons. The smallest absolute Gasteiger partial charge is 0.264 e. The van der Waals surface area contributed by atoms with E-state index in [0.717, 1.165) is 14.3 Å². The number of nitrogens with zero attached hydrogens (tertiary/aromatic N) is 2. The molecule has 2 amide bonds. The number of benzene rings is 3. The Morgan fingerprint density at radius 1 is 0.974 bits per heavy atom. The van der Waals surface area contributed by atoms with Gasteiger partial charge in [0.1, 0.15) is 12.6 Å². The van der Waals surface area contributed by atoms with Crippen LogP contribution in [0.2, 0.25) is 10.0 Å². The van der Waals surface area contributed by atoms with Gasteiger partial charge in [0, 0.05) is 16.6 Å². The van der Waals surface area contributed by atoms with E-state index in [4.69, 9.17) is 23.2 Å². The Balaban J connectivity index is 2.07. The summed E-state index contributed by atoms with van der Waals surface area (Å²) >= 11 is 16.1. The maximum Gasteiger partial charge on any atom is 0.264 e. The van der Waals surface area contributed by atoms with Gasteiger partial charge in [-0.25, -0.2) is 8.42 Å². The topological polar surface area (TPSA) is 86.8 Å². The van der Waals surface area contributed by atoms with E-state index in [0.29, 0.717) is 0 Å². The highest BCUT2D eigenvalue weighted by molar-refractivity contribution is 9.10. The molecule has 1 N–H and O–H groups in total. The van der Waals surface area contributed by atoms with Gasteiger partial charge in [0.05, 0.1) is 20.6 Å². The highest BCUT2D eigenvalue weighted by atomic mass is 79.9. The van der Waals surface area contributed by atoms with Crippen molar-refractivity contribution in [1.29, 1.82) is 0 Å². The van der Waals surface area contributed by atoms with Gasteiger partial charge in [0.2, 0.25) is 11.8 Å². The number of hydrogen-bond donors (Lipinski definition) is 1. The van der Waals surface area contributed by atoms with Gasteiger partial charge in [-0.2, -0.15) is 0 Å². The lowest BCUT2D eigenvalue weighted by molar-refractivity contribution is -0.140. The first-order valence-corrected chi connectivity index (χ1v) is 15.1. The molecule has 0 saturated heterocycles. The Bertz CT molecular complexity index is 1450. The monoisotopic (exact) mass is 653 g/mol. The van der Waals surface area contributed by atoms with Crippen molar-refractivity contribution < 1.29 is 18.0 Å². The molecule has 3 aromatic rings. The van der Waals surface area contributed by atoms with Crippen LogP contribution in [0.15, 0.2) is 82.2 Å². The first-order chi connectivity index (χ1) is 18.2. The number of sulfonamides is 1. The average Bonchev–Trinajstić information content (AvgIpc) is 2.86. The standard InChI is InChI=1S/C28H30BrCl2N3O4S/c1-19(27(36)32-28(2,3)4)33(17-20-10-8-11-21(29)16-20)25(35)18-34(24-15-9-14-23(30)26(24)31)39(37,38)22-12-6-5-7-13-22/h5-16,19H,17-18H2,1-4H3,(H,32,36). The van der Waals surface area contributed by atoms with Gasteiger partial charge in [0.25, 0.3) is 10.0 Å². The normalized spacial score (nSPS) is 12.5. The van der Waals surface area contributed by atoms with Gasteiger partial charge >= 0.3 is 0 Å². The Kier molecular flexibility index (Phi) is 10.1. The molecule has 1 atom stereocenters. The molecular weight excluding hydrogens is 625 g/mol. The minimum absolute atomic E-state index is 0.0106. The maximum absolute atomic E-state index is 14.0. The van der Waals surface area contributed by atoms with E-state index in [1.165, 1.54) is 29.2 Å². The number of halogens is 3. The van der Waals surface area contributed by atoms with Crippen LogP contribution >= 0.6 is 39.1 Å². The van der Waals surface area contributed by atoms with Crippen LogP contribution < -0.4 is 9.62 Å². The molecule has 0 spiro atoms. The van der Waals surface area contributed by atoms with Gasteiger partial charge in [-0.15, -0.1) is 0 Å². The molecule has 3 rings (SSSR count). The van der Waals surface area contributed by atoms with Crippen molar-refractivity contribution in [2.24, 2.45) is 0 Å². The van der Waals surface area contributed by atoms with Crippen LogP contribution in [0.5, 0.6) is 0 Å². The zero-order chi connectivity index (χ0) is 29.0. The van der Waals surface area contributed by atoms with Crippen molar-refractivity contribution >= 4 is 66.7 Å². The molecule has 0 aliphatic heterocycles. The predicted molar refractivity (Wildman–Crippen MR) is 159 cm³/mol. The molecule has 1 unspecified atom stereocenters. The molecule has 39 heavy (non-hydrogen) atoms. The molecule has 0 bridgehead atoms. The molecule has 0 aliphatic rings. The van der Waals surface area contributed by atoms with E-state index in [1.54, 1.807) is 31.2 Å². The third-order valence-corrected chi connectivity index (χ3v) is 8.79. The summed E-state index contributed by atoms with van der Waals surface area (Å²) in [5.74, 6) is -0.966. The fourth-order valence-corrected chi connectivity index (χ4v) is 6.15. The largest absolute Gasteiger partial charge is 0.350 e. The quantitative estimate of drug-likeness (QED) is 0.294. The molecule has 11 heteroatoms. The number of carbonyl (C=O) groups excluding carboxylic acids is 2. The van der Waals surface area contributed by atoms with E-state index in [1.807, 2.05) is 45.0 Å². The van der Waals surface area contributed by atoms with Crippen LogP contribution in [0, 0.1) is 0 Å². The SMILES string of the molecule is CC(C(=O)NC(C)(C)C)N(Cc1cccc(Br)c1)C(=O)CN(c1cccc(Cl)c1Cl)S(=O)(=O)c1ccccc1. The lowest BCUT2D eigenvalue weighted by Crippen LogP contribution is -2.54. The molecule has 0 aromatic heterocycles. The summed E-state index contributed by atoms with van der Waals surface area (Å²) in [5.41, 5.74) is 0.272. The molecule has 3 aromatic carbocycles. The molecular formula is C28H30BrCl2N3O4S. The first-order valence-electron chi connectivity index (χ1n) is 12.1. The number of amides is 2. The molecule has 7 nitrogen and oxygen atoms in total. The van der Waals surface area contributed by atoms with Crippen LogP contribution in [0.1, 0.15) is 33.3 Å². The van der Waals surface area contributed by atoms with E-state index in [9.17, 15) is 18.0 Å². The van der Waals surface area contributed by atoms with Crippen LogP contribution in [-0.4, -0.2) is 43.3 Å². The Hall–Kier alpha value is -2.59. The summed E-state index contributed by atoms with van der Waals surface area (Å²) in [7, 11) is -4.24. The van der Waals surface area contributed by atoms with Gasteiger partial charge in [0.15, 0.2) is 0 Å². The number of anilines is 1. The van der Waals surface area contributed by atoms with E-state index >= 15 is 0 Å². The fourth-order valence-electron chi connectivity index (χ4n) is 3.81. The maximum atomic E-state index is 14.0. The number of carbonyl (C=O) groups is 2. The second-order valence-corrected chi connectivity index (χ2v) is 13.5. The van der Waals surface area contributed by atoms with Gasteiger partial charge < -0.3 is 10.2 Å². The number of nitrogens with one attached hydrogen (secondary N) is 1. The average molecular weight is 655 g/mol. The van der Waals surface area contributed by atoms with Crippen LogP contribution in [-0.2, 0) is 26.2 Å². The highest BCUT2D eigenvalue weighted by Crippen LogP contribution is 2.35. The summed E-state index contributed by atoms with van der Waals surface area (Å²) in [4.78, 5) is 28.4. The molecule has 0 saturated carbocycles.